The molecule has 0 radical (unpaired) electrons. The van der Waals surface area contributed by atoms with Crippen LogP contribution in [0.4, 0.5) is 0 Å². The zero-order valence-corrected chi connectivity index (χ0v) is 25.4. The van der Waals surface area contributed by atoms with Crippen LogP contribution < -0.4 is 18.1 Å². The van der Waals surface area contributed by atoms with Crippen LogP contribution >= 0.6 is 16.8 Å². The number of rotatable bonds is 10. The maximum atomic E-state index is 6.06. The zero-order valence-electron chi connectivity index (χ0n) is 22.5. The van der Waals surface area contributed by atoms with Crippen molar-refractivity contribution in [2.24, 2.45) is 0 Å². The van der Waals surface area contributed by atoms with E-state index in [2.05, 4.69) is 37.1 Å². The molecule has 0 bridgehead atoms. The molecule has 6 rings (SSSR count). The Hall–Kier alpha value is -3.06. The van der Waals surface area contributed by atoms with Gasteiger partial charge in [0, 0.05) is 0 Å². The number of benzene rings is 4. The molecule has 0 aromatic heterocycles. The molecule has 0 saturated carbocycles. The van der Waals surface area contributed by atoms with Crippen LogP contribution in [0.5, 0.6) is 23.0 Å². The molecule has 7 heteroatoms. The second-order valence-electron chi connectivity index (χ2n) is 8.97. The van der Waals surface area contributed by atoms with Gasteiger partial charge in [0.2, 0.25) is 0 Å². The summed E-state index contributed by atoms with van der Waals surface area (Å²) >= 11 is 0. The molecule has 210 valence electrons. The van der Waals surface area contributed by atoms with Crippen molar-refractivity contribution >= 4 is 16.8 Å². The third kappa shape index (κ3) is 10.1. The standard InChI is InChI=1S/2C17H16O2P.Fe/c2*1-3-9-15(10-4-1)18-20(17-13-7-8-14-17)19-16-11-5-2-6-12-16;/h2*1-7,9-14,17H,8H2;/q2*-1;+2. The molecule has 0 saturated heterocycles. The molecule has 41 heavy (non-hydrogen) atoms. The van der Waals surface area contributed by atoms with E-state index in [1.54, 1.807) is 0 Å². The monoisotopic (exact) mass is 622 g/mol. The van der Waals surface area contributed by atoms with E-state index < -0.39 is 16.8 Å². The van der Waals surface area contributed by atoms with Gasteiger partial charge in [-0.25, -0.2) is 0 Å². The Labute approximate surface area is 256 Å². The number of para-hydroxylation sites is 4. The number of hydrogen-bond acceptors (Lipinski definition) is 4. The van der Waals surface area contributed by atoms with E-state index >= 15 is 0 Å². The summed E-state index contributed by atoms with van der Waals surface area (Å²) in [6, 6.07) is 39.4. The summed E-state index contributed by atoms with van der Waals surface area (Å²) in [5.41, 5.74) is 0.482. The Morgan fingerprint density at radius 2 is 0.707 bits per heavy atom. The van der Waals surface area contributed by atoms with E-state index in [-0.39, 0.29) is 28.4 Å². The van der Waals surface area contributed by atoms with Crippen molar-refractivity contribution in [2.75, 3.05) is 0 Å². The summed E-state index contributed by atoms with van der Waals surface area (Å²) in [5, 5.41) is 0. The minimum absolute atomic E-state index is 0. The maximum absolute atomic E-state index is 6.06. The average molecular weight is 622 g/mol. The molecule has 4 nitrogen and oxygen atoms in total. The first-order valence-corrected chi connectivity index (χ1v) is 15.8. The minimum Gasteiger partial charge on any atom is -0.440 e. The Kier molecular flexibility index (Phi) is 12.8. The average Bonchev–Trinajstić information content (AvgIpc) is 3.75. The molecule has 0 heterocycles. The molecule has 0 amide bonds. The van der Waals surface area contributed by atoms with Crippen LogP contribution in [0.2, 0.25) is 0 Å². The van der Waals surface area contributed by atoms with Crippen LogP contribution in [0.1, 0.15) is 12.8 Å². The molecule has 2 atom stereocenters. The minimum atomic E-state index is -1.06. The molecule has 0 N–H and O–H groups in total. The first kappa shape index (κ1) is 30.9. The van der Waals surface area contributed by atoms with Crippen LogP contribution in [0.3, 0.4) is 0 Å². The van der Waals surface area contributed by atoms with Gasteiger partial charge in [0.05, 0.1) is 0 Å². The van der Waals surface area contributed by atoms with E-state index in [0.29, 0.717) is 0 Å². The Morgan fingerprint density at radius 1 is 0.439 bits per heavy atom. The third-order valence-corrected chi connectivity index (χ3v) is 9.24. The fraction of sp³-hybridized carbons (Fsp3) is 0.118. The van der Waals surface area contributed by atoms with Gasteiger partial charge < -0.3 is 30.9 Å². The topological polar surface area (TPSA) is 36.9 Å². The van der Waals surface area contributed by atoms with Gasteiger partial charge in [-0.3, -0.25) is 0 Å². The molecule has 4 aromatic rings. The Morgan fingerprint density at radius 3 is 0.927 bits per heavy atom. The van der Waals surface area contributed by atoms with Crippen molar-refractivity contribution in [1.29, 1.82) is 0 Å². The molecule has 0 fully saturated rings. The normalized spacial score (nSPS) is 16.9. The summed E-state index contributed by atoms with van der Waals surface area (Å²) in [5.74, 6) is 3.40. The SMILES string of the molecule is C1=CC(P(Oc2ccccc2)Oc2ccccc2)[CH-]C1.C1=CC(P(Oc2ccccc2)Oc2ccccc2)[CH-]C1.[Fe+2]. The maximum Gasteiger partial charge on any atom is 2.00 e. The fourth-order valence-corrected chi connectivity index (χ4v) is 6.96. The van der Waals surface area contributed by atoms with Crippen LogP contribution in [-0.4, -0.2) is 11.3 Å². The van der Waals surface area contributed by atoms with Crippen molar-refractivity contribution in [2.45, 2.75) is 24.2 Å². The van der Waals surface area contributed by atoms with Gasteiger partial charge in [-0.2, -0.15) is 12.8 Å². The molecule has 0 aliphatic heterocycles. The van der Waals surface area contributed by atoms with Gasteiger partial charge >= 0.3 is 17.1 Å². The largest absolute Gasteiger partial charge is 2.00 e. The summed E-state index contributed by atoms with van der Waals surface area (Å²) in [6.45, 7) is 0. The van der Waals surface area contributed by atoms with E-state index in [0.717, 1.165) is 35.8 Å². The molecule has 2 aliphatic rings. The Bertz CT molecular complexity index is 1140. The smallest absolute Gasteiger partial charge is 0.440 e. The van der Waals surface area contributed by atoms with Crippen LogP contribution in [-0.2, 0) is 17.1 Å². The molecule has 0 spiro atoms. The number of hydrogen-bond donors (Lipinski definition) is 0. The first-order chi connectivity index (χ1) is 19.8. The molecular weight excluding hydrogens is 590 g/mol. The van der Waals surface area contributed by atoms with Crippen LogP contribution in [0, 0.1) is 12.8 Å². The van der Waals surface area contributed by atoms with E-state index in [1.807, 2.05) is 121 Å². The van der Waals surface area contributed by atoms with Crippen molar-refractivity contribution in [3.63, 3.8) is 0 Å². The third-order valence-electron chi connectivity index (χ3n) is 5.94. The summed E-state index contributed by atoms with van der Waals surface area (Å²) in [6.07, 6.45) is 15.1. The van der Waals surface area contributed by atoms with E-state index in [1.165, 1.54) is 0 Å². The quantitative estimate of drug-likeness (QED) is 0.0764. The van der Waals surface area contributed by atoms with Crippen LogP contribution in [0.15, 0.2) is 146 Å². The predicted octanol–water partition coefficient (Wildman–Crippen LogP) is 9.98. The van der Waals surface area contributed by atoms with Crippen molar-refractivity contribution < 1.29 is 35.2 Å². The fourth-order valence-electron chi connectivity index (χ4n) is 3.96. The van der Waals surface area contributed by atoms with Crippen molar-refractivity contribution in [3.05, 3.63) is 158 Å². The summed E-state index contributed by atoms with van der Waals surface area (Å²) < 4.78 is 24.2. The predicted molar refractivity (Wildman–Crippen MR) is 166 cm³/mol. The van der Waals surface area contributed by atoms with Crippen LogP contribution in [0.25, 0.3) is 0 Å². The number of allylic oxidation sites excluding steroid dienone is 4. The zero-order chi connectivity index (χ0) is 27.2. The van der Waals surface area contributed by atoms with Gasteiger partial charge in [-0.1, -0.05) is 84.1 Å². The van der Waals surface area contributed by atoms with Gasteiger partial charge in [0.15, 0.2) is 0 Å². The van der Waals surface area contributed by atoms with Gasteiger partial charge in [-0.05, 0) is 48.5 Å². The van der Waals surface area contributed by atoms with Gasteiger partial charge in [-0.15, -0.1) is 24.3 Å². The Balaban J connectivity index is 0.000000184. The summed E-state index contributed by atoms with van der Waals surface area (Å²) in [7, 11) is -2.11. The molecule has 2 unspecified atom stereocenters. The molecule has 4 aromatic carbocycles. The van der Waals surface area contributed by atoms with Crippen molar-refractivity contribution in [3.8, 4) is 23.0 Å². The van der Waals surface area contributed by atoms with E-state index in [4.69, 9.17) is 18.1 Å². The second-order valence-corrected chi connectivity index (χ2v) is 12.0. The summed E-state index contributed by atoms with van der Waals surface area (Å²) in [4.78, 5) is 0. The second kappa shape index (κ2) is 17.0. The molecular formula is C34H32FeO4P2. The van der Waals surface area contributed by atoms with E-state index in [9.17, 15) is 0 Å². The first-order valence-electron chi connectivity index (χ1n) is 13.3. The van der Waals surface area contributed by atoms with Gasteiger partial charge in [0.1, 0.15) is 23.0 Å². The van der Waals surface area contributed by atoms with Gasteiger partial charge in [0.25, 0.3) is 16.8 Å². The molecule has 2 aliphatic carbocycles. The van der Waals surface area contributed by atoms with Crippen molar-refractivity contribution in [1.82, 2.24) is 0 Å².